The molecule has 1 amide bonds. The number of halogens is 2. The molecule has 1 aliphatic rings. The van der Waals surface area contributed by atoms with Crippen molar-refractivity contribution < 1.29 is 18.3 Å². The highest BCUT2D eigenvalue weighted by atomic mass is 19.1. The van der Waals surface area contributed by atoms with E-state index in [0.717, 1.165) is 31.4 Å². The van der Waals surface area contributed by atoms with Gasteiger partial charge >= 0.3 is 0 Å². The number of hydrogen-bond acceptors (Lipinski definition) is 2. The Labute approximate surface area is 117 Å². The van der Waals surface area contributed by atoms with E-state index in [1.807, 2.05) is 0 Å². The summed E-state index contributed by atoms with van der Waals surface area (Å²) in [6.07, 6.45) is 4.21. The normalized spacial score (nSPS) is 22.4. The Morgan fingerprint density at radius 3 is 2.40 bits per heavy atom. The largest absolute Gasteiger partial charge is 0.491 e. The molecule has 1 aromatic rings. The van der Waals surface area contributed by atoms with Crippen molar-refractivity contribution in [3.05, 3.63) is 29.3 Å². The zero-order valence-electron chi connectivity index (χ0n) is 11.7. The highest BCUT2D eigenvalue weighted by molar-refractivity contribution is 5.94. The number of hydrogen-bond donors (Lipinski definition) is 1. The van der Waals surface area contributed by atoms with Crippen LogP contribution in [-0.4, -0.2) is 19.1 Å². The van der Waals surface area contributed by atoms with Crippen molar-refractivity contribution in [2.45, 2.75) is 38.6 Å². The Morgan fingerprint density at radius 1 is 1.25 bits per heavy atom. The van der Waals surface area contributed by atoms with Gasteiger partial charge in [0.1, 0.15) is 0 Å². The van der Waals surface area contributed by atoms with Gasteiger partial charge in [-0.05, 0) is 30.9 Å². The zero-order valence-corrected chi connectivity index (χ0v) is 11.7. The van der Waals surface area contributed by atoms with Crippen molar-refractivity contribution in [3.8, 4) is 5.75 Å². The third-order valence-corrected chi connectivity index (χ3v) is 3.89. The molecule has 0 saturated heterocycles. The summed E-state index contributed by atoms with van der Waals surface area (Å²) in [7, 11) is 1.19. The monoisotopic (exact) mass is 283 g/mol. The van der Waals surface area contributed by atoms with E-state index < -0.39 is 23.3 Å². The average molecular weight is 283 g/mol. The topological polar surface area (TPSA) is 38.3 Å². The van der Waals surface area contributed by atoms with Gasteiger partial charge in [-0.25, -0.2) is 8.78 Å². The second-order valence-corrected chi connectivity index (χ2v) is 5.31. The minimum atomic E-state index is -0.866. The average Bonchev–Trinajstić information content (AvgIpc) is 2.41. The SMILES string of the molecule is COc1c(F)cc(C(=O)NC2CCCCC2C)cc1F. The molecule has 2 unspecified atom stereocenters. The van der Waals surface area contributed by atoms with E-state index in [1.165, 1.54) is 13.5 Å². The highest BCUT2D eigenvalue weighted by Gasteiger charge is 2.24. The van der Waals surface area contributed by atoms with E-state index in [9.17, 15) is 13.6 Å². The van der Waals surface area contributed by atoms with Gasteiger partial charge < -0.3 is 10.1 Å². The minimum absolute atomic E-state index is 0.0152. The predicted molar refractivity (Wildman–Crippen MR) is 71.8 cm³/mol. The quantitative estimate of drug-likeness (QED) is 0.924. The van der Waals surface area contributed by atoms with Crippen molar-refractivity contribution in [2.75, 3.05) is 7.11 Å². The van der Waals surface area contributed by atoms with Crippen molar-refractivity contribution >= 4 is 5.91 Å². The lowest BCUT2D eigenvalue weighted by atomic mass is 9.86. The molecule has 2 atom stereocenters. The van der Waals surface area contributed by atoms with Gasteiger partial charge in [0, 0.05) is 11.6 Å². The van der Waals surface area contributed by atoms with Crippen LogP contribution in [0.2, 0.25) is 0 Å². The number of ether oxygens (including phenoxy) is 1. The van der Waals surface area contributed by atoms with Crippen molar-refractivity contribution in [1.82, 2.24) is 5.32 Å². The first-order chi connectivity index (χ1) is 9.52. The van der Waals surface area contributed by atoms with E-state index in [-0.39, 0.29) is 11.6 Å². The first kappa shape index (κ1) is 14.8. The Morgan fingerprint density at radius 2 is 1.85 bits per heavy atom. The van der Waals surface area contributed by atoms with E-state index in [1.54, 1.807) is 0 Å². The standard InChI is InChI=1S/C15H19F2NO2/c1-9-5-3-4-6-13(9)18-15(19)10-7-11(16)14(20-2)12(17)8-10/h7-9,13H,3-6H2,1-2H3,(H,18,19). The molecule has 5 heteroatoms. The van der Waals surface area contributed by atoms with Crippen LogP contribution in [0.4, 0.5) is 8.78 Å². The van der Waals surface area contributed by atoms with Gasteiger partial charge in [0.2, 0.25) is 0 Å². The Balaban J connectivity index is 2.13. The molecule has 1 aromatic carbocycles. The molecule has 1 fully saturated rings. The molecule has 1 N–H and O–H groups in total. The third kappa shape index (κ3) is 3.08. The molecule has 3 nitrogen and oxygen atoms in total. The fraction of sp³-hybridized carbons (Fsp3) is 0.533. The van der Waals surface area contributed by atoms with Gasteiger partial charge in [-0.15, -0.1) is 0 Å². The fourth-order valence-corrected chi connectivity index (χ4v) is 2.67. The molecule has 0 aliphatic heterocycles. The molecule has 1 aliphatic carbocycles. The summed E-state index contributed by atoms with van der Waals surface area (Å²) in [5.41, 5.74) is -0.0152. The van der Waals surface area contributed by atoms with Crippen LogP contribution < -0.4 is 10.1 Å². The number of carbonyl (C=O) groups excluding carboxylic acids is 1. The van der Waals surface area contributed by atoms with Crippen molar-refractivity contribution in [1.29, 1.82) is 0 Å². The molecule has 0 radical (unpaired) electrons. The molecule has 0 heterocycles. The van der Waals surface area contributed by atoms with Gasteiger partial charge in [-0.1, -0.05) is 19.8 Å². The molecule has 1 saturated carbocycles. The van der Waals surface area contributed by atoms with Gasteiger partial charge in [-0.3, -0.25) is 4.79 Å². The van der Waals surface area contributed by atoms with E-state index in [4.69, 9.17) is 0 Å². The minimum Gasteiger partial charge on any atom is -0.491 e. The van der Waals surface area contributed by atoms with Crippen molar-refractivity contribution in [3.63, 3.8) is 0 Å². The molecule has 20 heavy (non-hydrogen) atoms. The third-order valence-electron chi connectivity index (χ3n) is 3.89. The number of nitrogens with one attached hydrogen (secondary N) is 1. The summed E-state index contributed by atoms with van der Waals surface area (Å²) in [6, 6.07) is 2.08. The summed E-state index contributed by atoms with van der Waals surface area (Å²) >= 11 is 0. The summed E-state index contributed by atoms with van der Waals surface area (Å²) in [4.78, 5) is 12.1. The Hall–Kier alpha value is -1.65. The number of carbonyl (C=O) groups is 1. The smallest absolute Gasteiger partial charge is 0.251 e. The molecule has 0 spiro atoms. The second-order valence-electron chi connectivity index (χ2n) is 5.31. The van der Waals surface area contributed by atoms with Crippen LogP contribution in [0.15, 0.2) is 12.1 Å². The van der Waals surface area contributed by atoms with Crippen molar-refractivity contribution in [2.24, 2.45) is 5.92 Å². The number of rotatable bonds is 3. The first-order valence-electron chi connectivity index (χ1n) is 6.87. The Kier molecular flexibility index (Phi) is 4.57. The summed E-state index contributed by atoms with van der Waals surface area (Å²) in [5, 5.41) is 2.86. The van der Waals surface area contributed by atoms with Gasteiger partial charge in [0.05, 0.1) is 7.11 Å². The van der Waals surface area contributed by atoms with Crippen LogP contribution in [0.5, 0.6) is 5.75 Å². The first-order valence-corrected chi connectivity index (χ1v) is 6.87. The molecular formula is C15H19F2NO2. The lowest BCUT2D eigenvalue weighted by molar-refractivity contribution is 0.0909. The van der Waals surface area contributed by atoms with Crippen LogP contribution in [-0.2, 0) is 0 Å². The second kappa shape index (κ2) is 6.20. The Bertz CT molecular complexity index is 482. The van der Waals surface area contributed by atoms with E-state index >= 15 is 0 Å². The van der Waals surface area contributed by atoms with E-state index in [0.29, 0.717) is 5.92 Å². The van der Waals surface area contributed by atoms with Gasteiger partial charge in [0.15, 0.2) is 17.4 Å². The maximum atomic E-state index is 13.6. The molecule has 0 bridgehead atoms. The van der Waals surface area contributed by atoms with Crippen LogP contribution in [0.3, 0.4) is 0 Å². The fourth-order valence-electron chi connectivity index (χ4n) is 2.67. The molecule has 110 valence electrons. The molecule has 2 rings (SSSR count). The van der Waals surface area contributed by atoms with Crippen LogP contribution in [0, 0.1) is 17.6 Å². The van der Waals surface area contributed by atoms with Gasteiger partial charge in [-0.2, -0.15) is 0 Å². The lowest BCUT2D eigenvalue weighted by Gasteiger charge is -2.29. The molecular weight excluding hydrogens is 264 g/mol. The van der Waals surface area contributed by atoms with Crippen LogP contribution >= 0.6 is 0 Å². The highest BCUT2D eigenvalue weighted by Crippen LogP contribution is 2.25. The number of methoxy groups -OCH3 is 1. The summed E-state index contributed by atoms with van der Waals surface area (Å²) < 4.78 is 31.8. The summed E-state index contributed by atoms with van der Waals surface area (Å²) in [6.45, 7) is 2.08. The van der Waals surface area contributed by atoms with E-state index in [2.05, 4.69) is 17.0 Å². The number of amides is 1. The zero-order chi connectivity index (χ0) is 14.7. The lowest BCUT2D eigenvalue weighted by Crippen LogP contribution is -2.41. The maximum Gasteiger partial charge on any atom is 0.251 e. The molecule has 0 aromatic heterocycles. The van der Waals surface area contributed by atoms with Crippen LogP contribution in [0.1, 0.15) is 43.0 Å². The summed E-state index contributed by atoms with van der Waals surface area (Å²) in [5.74, 6) is -2.25. The maximum absolute atomic E-state index is 13.6. The number of benzene rings is 1. The van der Waals surface area contributed by atoms with Gasteiger partial charge in [0.25, 0.3) is 5.91 Å². The van der Waals surface area contributed by atoms with Crippen LogP contribution in [0.25, 0.3) is 0 Å². The predicted octanol–water partition coefficient (Wildman–Crippen LogP) is 3.28.